The van der Waals surface area contributed by atoms with Crippen LogP contribution in [0.25, 0.3) is 0 Å². The summed E-state index contributed by atoms with van der Waals surface area (Å²) >= 11 is 0. The number of nitrogens with two attached hydrogens (primary N) is 1. The van der Waals surface area contributed by atoms with Gasteiger partial charge in [0.05, 0.1) is 10.9 Å². The number of primary amides is 1. The van der Waals surface area contributed by atoms with Gasteiger partial charge < -0.3 is 5.73 Å². The number of hydrogen-bond donors (Lipinski definition) is 1. The van der Waals surface area contributed by atoms with Gasteiger partial charge in [-0.1, -0.05) is 0 Å². The summed E-state index contributed by atoms with van der Waals surface area (Å²) < 4.78 is 24.3. The Morgan fingerprint density at radius 3 is 2.50 bits per heavy atom. The molecule has 0 unspecified atom stereocenters. The van der Waals surface area contributed by atoms with E-state index in [-0.39, 0.29) is 11.4 Å². The Morgan fingerprint density at radius 1 is 1.50 bits per heavy atom. The van der Waals surface area contributed by atoms with Crippen molar-refractivity contribution in [1.82, 2.24) is 9.78 Å². The Hall–Kier alpha value is -1.37. The fourth-order valence-electron chi connectivity index (χ4n) is 1.08. The summed E-state index contributed by atoms with van der Waals surface area (Å²) in [5.41, 5.74) is 4.98. The highest BCUT2D eigenvalue weighted by molar-refractivity contribution is 7.92. The molecular formula is C9H15N3O3S. The topological polar surface area (TPSA) is 95.1 Å². The van der Waals surface area contributed by atoms with E-state index in [1.54, 1.807) is 20.8 Å². The molecular weight excluding hydrogens is 230 g/mol. The van der Waals surface area contributed by atoms with Crippen LogP contribution in [-0.2, 0) is 21.2 Å². The molecule has 0 fully saturated rings. The second-order valence-electron chi connectivity index (χ2n) is 4.46. The van der Waals surface area contributed by atoms with Gasteiger partial charge in [0.25, 0.3) is 0 Å². The van der Waals surface area contributed by atoms with E-state index in [0.717, 1.165) is 0 Å². The van der Waals surface area contributed by atoms with E-state index in [2.05, 4.69) is 5.10 Å². The van der Waals surface area contributed by atoms with Gasteiger partial charge >= 0.3 is 0 Å². The monoisotopic (exact) mass is 245 g/mol. The molecule has 0 saturated carbocycles. The van der Waals surface area contributed by atoms with E-state index >= 15 is 0 Å². The van der Waals surface area contributed by atoms with Gasteiger partial charge in [-0.15, -0.1) is 0 Å². The molecule has 0 aliphatic rings. The van der Waals surface area contributed by atoms with Crippen LogP contribution in [0.4, 0.5) is 0 Å². The maximum Gasteiger partial charge on any atom is 0.239 e. The van der Waals surface area contributed by atoms with Crippen molar-refractivity contribution >= 4 is 15.7 Å². The molecule has 0 aliphatic heterocycles. The Labute approximate surface area is 94.4 Å². The first-order valence-electron chi connectivity index (χ1n) is 4.70. The highest BCUT2D eigenvalue weighted by Gasteiger charge is 2.31. The van der Waals surface area contributed by atoms with Crippen LogP contribution in [0, 0.1) is 0 Å². The van der Waals surface area contributed by atoms with Gasteiger partial charge in [-0.2, -0.15) is 5.10 Å². The lowest BCUT2D eigenvalue weighted by molar-refractivity contribution is -0.118. The van der Waals surface area contributed by atoms with E-state index in [1.807, 2.05) is 0 Å². The van der Waals surface area contributed by atoms with Crippen LogP contribution in [0.5, 0.6) is 0 Å². The molecule has 1 aromatic heterocycles. The summed E-state index contributed by atoms with van der Waals surface area (Å²) in [6, 6.07) is 0. The summed E-state index contributed by atoms with van der Waals surface area (Å²) in [6.45, 7) is 4.69. The minimum absolute atomic E-state index is 0.0984. The molecule has 16 heavy (non-hydrogen) atoms. The third kappa shape index (κ3) is 2.41. The standard InChI is InChI=1S/C9H15N3O3S/c1-9(2,3)16(14,15)7-4-11-12(5-7)6-8(10)13/h4-5H,6H2,1-3H3,(H2,10,13). The van der Waals surface area contributed by atoms with Crippen molar-refractivity contribution < 1.29 is 13.2 Å². The van der Waals surface area contributed by atoms with Crippen molar-refractivity contribution in [2.24, 2.45) is 5.73 Å². The van der Waals surface area contributed by atoms with Crippen molar-refractivity contribution in [3.8, 4) is 0 Å². The predicted molar refractivity (Wildman–Crippen MR) is 58.4 cm³/mol. The summed E-state index contributed by atoms with van der Waals surface area (Å²) in [7, 11) is -3.43. The van der Waals surface area contributed by atoms with Gasteiger partial charge in [-0.3, -0.25) is 9.48 Å². The molecule has 6 nitrogen and oxygen atoms in total. The first-order valence-corrected chi connectivity index (χ1v) is 6.18. The molecule has 0 bridgehead atoms. The Bertz CT molecular complexity index is 496. The summed E-state index contributed by atoms with van der Waals surface area (Å²) in [6.07, 6.45) is 2.54. The van der Waals surface area contributed by atoms with Crippen molar-refractivity contribution in [3.05, 3.63) is 12.4 Å². The zero-order chi connectivity index (χ0) is 12.6. The summed E-state index contributed by atoms with van der Waals surface area (Å²) in [4.78, 5) is 10.7. The van der Waals surface area contributed by atoms with E-state index in [4.69, 9.17) is 5.73 Å². The first-order chi connectivity index (χ1) is 7.14. The first kappa shape index (κ1) is 12.7. The van der Waals surface area contributed by atoms with E-state index in [0.29, 0.717) is 0 Å². The van der Waals surface area contributed by atoms with Crippen LogP contribution < -0.4 is 5.73 Å². The van der Waals surface area contributed by atoms with Gasteiger partial charge in [0, 0.05) is 6.20 Å². The Kier molecular flexibility index (Phi) is 3.09. The number of amides is 1. The molecule has 1 rings (SSSR count). The van der Waals surface area contributed by atoms with Crippen LogP contribution in [-0.4, -0.2) is 28.9 Å². The molecule has 0 radical (unpaired) electrons. The predicted octanol–water partition coefficient (Wildman–Crippen LogP) is -0.0594. The van der Waals surface area contributed by atoms with Crippen LogP contribution in [0.3, 0.4) is 0 Å². The van der Waals surface area contributed by atoms with Crippen LogP contribution in [0.15, 0.2) is 17.3 Å². The maximum atomic E-state index is 12.0. The molecule has 2 N–H and O–H groups in total. The molecule has 0 atom stereocenters. The number of aromatic nitrogens is 2. The quantitative estimate of drug-likeness (QED) is 0.807. The Morgan fingerprint density at radius 2 is 2.06 bits per heavy atom. The van der Waals surface area contributed by atoms with Crippen molar-refractivity contribution in [3.63, 3.8) is 0 Å². The normalized spacial score (nSPS) is 12.7. The molecule has 0 aromatic carbocycles. The van der Waals surface area contributed by atoms with Crippen molar-refractivity contribution in [1.29, 1.82) is 0 Å². The lowest BCUT2D eigenvalue weighted by atomic mass is 10.3. The average Bonchev–Trinajstić information content (AvgIpc) is 2.49. The SMILES string of the molecule is CC(C)(C)S(=O)(=O)c1cnn(CC(N)=O)c1. The van der Waals surface area contributed by atoms with Gasteiger partial charge in [-0.25, -0.2) is 8.42 Å². The van der Waals surface area contributed by atoms with Crippen molar-refractivity contribution in [2.75, 3.05) is 0 Å². The molecule has 0 aliphatic carbocycles. The van der Waals surface area contributed by atoms with Crippen LogP contribution in [0.2, 0.25) is 0 Å². The number of sulfone groups is 1. The number of carbonyl (C=O) groups excluding carboxylic acids is 1. The Balaban J connectivity index is 3.08. The largest absolute Gasteiger partial charge is 0.368 e. The minimum Gasteiger partial charge on any atom is -0.368 e. The smallest absolute Gasteiger partial charge is 0.239 e. The number of carbonyl (C=O) groups is 1. The lowest BCUT2D eigenvalue weighted by Crippen LogP contribution is -2.27. The van der Waals surface area contributed by atoms with Gasteiger partial charge in [0.15, 0.2) is 9.84 Å². The molecule has 1 aromatic rings. The van der Waals surface area contributed by atoms with Gasteiger partial charge in [-0.05, 0) is 20.8 Å². The molecule has 1 amide bonds. The zero-order valence-electron chi connectivity index (χ0n) is 9.47. The third-order valence-corrected chi connectivity index (χ3v) is 4.49. The average molecular weight is 245 g/mol. The van der Waals surface area contributed by atoms with Gasteiger partial charge in [0.2, 0.25) is 5.91 Å². The fraction of sp³-hybridized carbons (Fsp3) is 0.556. The molecule has 7 heteroatoms. The molecule has 1 heterocycles. The molecule has 90 valence electrons. The fourth-order valence-corrected chi connectivity index (χ4v) is 2.24. The van der Waals surface area contributed by atoms with Crippen molar-refractivity contribution in [2.45, 2.75) is 37.0 Å². The lowest BCUT2D eigenvalue weighted by Gasteiger charge is -2.17. The number of hydrogen-bond acceptors (Lipinski definition) is 4. The summed E-state index contributed by atoms with van der Waals surface area (Å²) in [5.74, 6) is -0.567. The van der Waals surface area contributed by atoms with Crippen LogP contribution in [0.1, 0.15) is 20.8 Å². The number of rotatable bonds is 3. The summed E-state index contributed by atoms with van der Waals surface area (Å²) in [5, 5.41) is 3.77. The van der Waals surface area contributed by atoms with E-state index in [9.17, 15) is 13.2 Å². The highest BCUT2D eigenvalue weighted by atomic mass is 32.2. The van der Waals surface area contributed by atoms with Gasteiger partial charge in [0.1, 0.15) is 11.4 Å². The van der Waals surface area contributed by atoms with E-state index < -0.39 is 20.5 Å². The zero-order valence-corrected chi connectivity index (χ0v) is 10.3. The number of nitrogens with zero attached hydrogens (tertiary/aromatic N) is 2. The highest BCUT2D eigenvalue weighted by Crippen LogP contribution is 2.23. The van der Waals surface area contributed by atoms with Crippen LogP contribution >= 0.6 is 0 Å². The van der Waals surface area contributed by atoms with E-state index in [1.165, 1.54) is 17.1 Å². The minimum atomic E-state index is -3.43. The maximum absolute atomic E-state index is 12.0. The molecule has 0 spiro atoms. The second kappa shape index (κ2) is 3.89. The molecule has 0 saturated heterocycles. The second-order valence-corrected chi connectivity index (χ2v) is 7.16. The third-order valence-electron chi connectivity index (χ3n) is 2.04.